The largest absolute Gasteiger partial charge is 0.444 e. The van der Waals surface area contributed by atoms with Crippen molar-refractivity contribution in [1.82, 2.24) is 9.88 Å². The number of nitrogens with one attached hydrogen (secondary N) is 2. The normalized spacial score (nSPS) is 18.7. The molecule has 206 valence electrons. The minimum Gasteiger partial charge on any atom is -0.444 e. The van der Waals surface area contributed by atoms with E-state index >= 15 is 0 Å². The number of pyridine rings is 1. The molecule has 1 fully saturated rings. The summed E-state index contributed by atoms with van der Waals surface area (Å²) in [5, 5.41) is 2.87. The smallest absolute Gasteiger partial charge is 0.407 e. The SMILES string of the molecule is C=NC(=O)C(C1CCC(NC(=O)OC(C)(C)C)CC1)n1c(C)ccc(NS(=O)(=O)Cc2ccccc2)c1=O. The molecule has 2 N–H and O–H groups in total. The van der Waals surface area contributed by atoms with Gasteiger partial charge in [-0.1, -0.05) is 30.3 Å². The monoisotopic (exact) mass is 544 g/mol. The van der Waals surface area contributed by atoms with Crippen molar-refractivity contribution in [2.75, 3.05) is 4.72 Å². The molecule has 2 aromatic rings. The maximum absolute atomic E-state index is 13.5. The van der Waals surface area contributed by atoms with Crippen molar-refractivity contribution in [3.05, 3.63) is 64.1 Å². The van der Waals surface area contributed by atoms with E-state index < -0.39 is 39.2 Å². The van der Waals surface area contributed by atoms with Crippen LogP contribution in [0.3, 0.4) is 0 Å². The van der Waals surface area contributed by atoms with E-state index in [0.29, 0.717) is 36.9 Å². The Morgan fingerprint density at radius 1 is 1.11 bits per heavy atom. The molecular formula is C27H36N4O6S. The van der Waals surface area contributed by atoms with Gasteiger partial charge in [0.25, 0.3) is 11.5 Å². The highest BCUT2D eigenvalue weighted by atomic mass is 32.2. The molecule has 11 heteroatoms. The van der Waals surface area contributed by atoms with Gasteiger partial charge < -0.3 is 10.1 Å². The number of benzene rings is 1. The Morgan fingerprint density at radius 2 is 1.74 bits per heavy atom. The van der Waals surface area contributed by atoms with Crippen LogP contribution in [0.4, 0.5) is 10.5 Å². The van der Waals surface area contributed by atoms with Crippen LogP contribution in [0.25, 0.3) is 0 Å². The summed E-state index contributed by atoms with van der Waals surface area (Å²) in [6.45, 7) is 10.4. The number of amides is 2. The van der Waals surface area contributed by atoms with Crippen LogP contribution in [0.1, 0.15) is 63.8 Å². The lowest BCUT2D eigenvalue weighted by atomic mass is 9.81. The van der Waals surface area contributed by atoms with Crippen LogP contribution in [0, 0.1) is 12.8 Å². The van der Waals surface area contributed by atoms with Gasteiger partial charge in [0.15, 0.2) is 0 Å². The average Bonchev–Trinajstić information content (AvgIpc) is 2.83. The van der Waals surface area contributed by atoms with E-state index in [1.807, 2.05) is 0 Å². The lowest BCUT2D eigenvalue weighted by molar-refractivity contribution is -0.123. The van der Waals surface area contributed by atoms with Crippen molar-refractivity contribution in [3.63, 3.8) is 0 Å². The van der Waals surface area contributed by atoms with Gasteiger partial charge in [-0.05, 0) is 83.7 Å². The third-order valence-electron chi connectivity index (χ3n) is 6.41. The van der Waals surface area contributed by atoms with Gasteiger partial charge in [-0.15, -0.1) is 0 Å². The molecule has 0 spiro atoms. The fourth-order valence-electron chi connectivity index (χ4n) is 4.74. The van der Waals surface area contributed by atoms with E-state index in [0.717, 1.165) is 0 Å². The highest BCUT2D eigenvalue weighted by Gasteiger charge is 2.35. The van der Waals surface area contributed by atoms with Gasteiger partial charge >= 0.3 is 6.09 Å². The Kier molecular flexibility index (Phi) is 9.14. The van der Waals surface area contributed by atoms with Gasteiger partial charge in [-0.2, -0.15) is 0 Å². The van der Waals surface area contributed by atoms with Crippen LogP contribution in [0.2, 0.25) is 0 Å². The Morgan fingerprint density at radius 3 is 2.32 bits per heavy atom. The lowest BCUT2D eigenvalue weighted by Crippen LogP contribution is -2.43. The molecule has 1 heterocycles. The third kappa shape index (κ3) is 7.77. The van der Waals surface area contributed by atoms with E-state index in [9.17, 15) is 22.8 Å². The second-order valence-corrected chi connectivity index (χ2v) is 12.3. The predicted molar refractivity (Wildman–Crippen MR) is 147 cm³/mol. The maximum atomic E-state index is 13.5. The summed E-state index contributed by atoms with van der Waals surface area (Å²) in [6, 6.07) is 10.6. The number of carbonyl (C=O) groups excluding carboxylic acids is 2. The Hall–Kier alpha value is -3.47. The van der Waals surface area contributed by atoms with E-state index in [1.54, 1.807) is 64.1 Å². The van der Waals surface area contributed by atoms with Crippen molar-refractivity contribution in [2.45, 2.75) is 76.8 Å². The number of carbonyl (C=O) groups is 2. The minimum atomic E-state index is -3.88. The van der Waals surface area contributed by atoms with Gasteiger partial charge in [0.05, 0.1) is 5.75 Å². The first-order valence-corrected chi connectivity index (χ1v) is 14.2. The molecule has 1 aromatic carbocycles. The molecule has 0 bridgehead atoms. The summed E-state index contributed by atoms with van der Waals surface area (Å²) in [5.41, 5.74) is -0.308. The van der Waals surface area contributed by atoms with Crippen LogP contribution >= 0.6 is 0 Å². The highest BCUT2D eigenvalue weighted by molar-refractivity contribution is 7.91. The van der Waals surface area contributed by atoms with Gasteiger partial charge in [0.2, 0.25) is 10.0 Å². The van der Waals surface area contributed by atoms with E-state index in [2.05, 4.69) is 21.7 Å². The number of hydrogen-bond donors (Lipinski definition) is 2. The summed E-state index contributed by atoms with van der Waals surface area (Å²) in [6.07, 6.45) is 1.76. The summed E-state index contributed by atoms with van der Waals surface area (Å²) >= 11 is 0. The maximum Gasteiger partial charge on any atom is 0.407 e. The summed E-state index contributed by atoms with van der Waals surface area (Å²) in [7, 11) is -3.88. The molecular weight excluding hydrogens is 508 g/mol. The van der Waals surface area contributed by atoms with Crippen molar-refractivity contribution in [2.24, 2.45) is 10.9 Å². The zero-order valence-electron chi connectivity index (χ0n) is 22.3. The molecule has 10 nitrogen and oxygen atoms in total. The second kappa shape index (κ2) is 11.9. The molecule has 1 unspecified atom stereocenters. The van der Waals surface area contributed by atoms with Gasteiger partial charge in [0, 0.05) is 11.7 Å². The summed E-state index contributed by atoms with van der Waals surface area (Å²) in [5.74, 6) is -1.12. The first kappa shape index (κ1) is 29.1. The number of anilines is 1. The number of aliphatic imine (C=N–C) groups is 1. The zero-order chi connectivity index (χ0) is 28.1. The number of rotatable bonds is 8. The van der Waals surface area contributed by atoms with Gasteiger partial charge in [-0.3, -0.25) is 18.9 Å². The van der Waals surface area contributed by atoms with Crippen LogP contribution in [-0.4, -0.2) is 43.3 Å². The Bertz CT molecular complexity index is 1320. The minimum absolute atomic E-state index is 0.123. The van der Waals surface area contributed by atoms with Crippen molar-refractivity contribution >= 4 is 34.4 Å². The molecule has 0 aliphatic heterocycles. The molecule has 0 radical (unpaired) electrons. The molecule has 0 saturated heterocycles. The summed E-state index contributed by atoms with van der Waals surface area (Å²) in [4.78, 5) is 42.2. The van der Waals surface area contributed by atoms with Crippen molar-refractivity contribution < 1.29 is 22.7 Å². The molecule has 1 aliphatic carbocycles. The topological polar surface area (TPSA) is 136 Å². The van der Waals surface area contributed by atoms with Crippen molar-refractivity contribution in [3.8, 4) is 0 Å². The van der Waals surface area contributed by atoms with E-state index in [4.69, 9.17) is 4.74 Å². The number of alkyl carbamates (subject to hydrolysis) is 1. The number of hydrogen-bond acceptors (Lipinski definition) is 6. The van der Waals surface area contributed by atoms with Crippen LogP contribution in [0.15, 0.2) is 52.3 Å². The van der Waals surface area contributed by atoms with Crippen LogP contribution < -0.4 is 15.6 Å². The Labute approximate surface area is 223 Å². The molecule has 3 rings (SSSR count). The van der Waals surface area contributed by atoms with Gasteiger partial charge in [-0.25, -0.2) is 18.2 Å². The summed E-state index contributed by atoms with van der Waals surface area (Å²) < 4.78 is 34.6. The molecule has 2 amide bonds. The standard InChI is InChI=1S/C27H36N4O6S/c1-18-11-16-22(30-38(35,36)17-19-9-7-6-8-10-19)25(33)31(18)23(24(32)28-5)20-12-14-21(15-13-20)29-26(34)37-27(2,3)4/h6-11,16,20-21,23,30H,5,12-15,17H2,1-4H3,(H,29,34). The number of aromatic nitrogens is 1. The van der Waals surface area contributed by atoms with Crippen LogP contribution in [-0.2, 0) is 25.3 Å². The van der Waals surface area contributed by atoms with E-state index in [1.165, 1.54) is 10.6 Å². The predicted octanol–water partition coefficient (Wildman–Crippen LogP) is 3.95. The quantitative estimate of drug-likeness (QED) is 0.483. The first-order valence-electron chi connectivity index (χ1n) is 12.6. The average molecular weight is 545 g/mol. The zero-order valence-corrected chi connectivity index (χ0v) is 23.1. The molecule has 38 heavy (non-hydrogen) atoms. The van der Waals surface area contributed by atoms with Crippen molar-refractivity contribution in [1.29, 1.82) is 0 Å². The molecule has 1 aromatic heterocycles. The number of sulfonamides is 1. The molecule has 1 saturated carbocycles. The third-order valence-corrected chi connectivity index (χ3v) is 7.66. The number of ether oxygens (including phenoxy) is 1. The lowest BCUT2D eigenvalue weighted by Gasteiger charge is -2.34. The second-order valence-electron chi connectivity index (χ2n) is 10.6. The molecule has 1 aliphatic rings. The first-order chi connectivity index (χ1) is 17.8. The fraction of sp³-hybridized carbons (Fsp3) is 0.481. The van der Waals surface area contributed by atoms with Crippen LogP contribution in [0.5, 0.6) is 0 Å². The molecule has 1 atom stereocenters. The van der Waals surface area contributed by atoms with Gasteiger partial charge in [0.1, 0.15) is 17.3 Å². The highest BCUT2D eigenvalue weighted by Crippen LogP contribution is 2.34. The Balaban J connectivity index is 1.81. The number of aryl methyl sites for hydroxylation is 1. The van der Waals surface area contributed by atoms with E-state index in [-0.39, 0.29) is 23.4 Å². The fourth-order valence-corrected chi connectivity index (χ4v) is 5.93. The number of nitrogens with zero attached hydrogens (tertiary/aromatic N) is 2.